The van der Waals surface area contributed by atoms with Crippen molar-refractivity contribution in [2.75, 3.05) is 25.5 Å². The Labute approximate surface area is 141 Å². The van der Waals surface area contributed by atoms with E-state index in [1.165, 1.54) is 0 Å². The summed E-state index contributed by atoms with van der Waals surface area (Å²) in [4.78, 5) is 21.3. The van der Waals surface area contributed by atoms with Crippen molar-refractivity contribution in [3.63, 3.8) is 0 Å². The summed E-state index contributed by atoms with van der Waals surface area (Å²) in [5, 5.41) is 4.09. The number of carbonyl (C=O) groups excluding carboxylic acids is 1. The van der Waals surface area contributed by atoms with Crippen LogP contribution in [0.2, 0.25) is 0 Å². The summed E-state index contributed by atoms with van der Waals surface area (Å²) in [5.74, 6) is 1.90. The maximum atomic E-state index is 12.9. The molecule has 1 aliphatic heterocycles. The average Bonchev–Trinajstić information content (AvgIpc) is 3.12. The van der Waals surface area contributed by atoms with Gasteiger partial charge in [-0.25, -0.2) is 0 Å². The van der Waals surface area contributed by atoms with Crippen LogP contribution in [-0.4, -0.2) is 41.6 Å². The van der Waals surface area contributed by atoms with Gasteiger partial charge in [0.2, 0.25) is 5.89 Å². The number of anilines is 1. The maximum absolute atomic E-state index is 12.9. The van der Waals surface area contributed by atoms with Crippen LogP contribution in [0.5, 0.6) is 0 Å². The van der Waals surface area contributed by atoms with E-state index in [0.29, 0.717) is 17.4 Å². The minimum atomic E-state index is -0.0916. The molecule has 0 radical (unpaired) electrons. The molecule has 1 saturated carbocycles. The predicted octanol–water partition coefficient (Wildman–Crippen LogP) is 2.99. The van der Waals surface area contributed by atoms with Crippen LogP contribution < -0.4 is 4.90 Å². The zero-order valence-corrected chi connectivity index (χ0v) is 14.1. The fourth-order valence-electron chi connectivity index (χ4n) is 3.22. The lowest BCUT2D eigenvalue weighted by Crippen LogP contribution is -2.30. The first-order chi connectivity index (χ1) is 11.6. The van der Waals surface area contributed by atoms with Gasteiger partial charge in [0.25, 0.3) is 5.91 Å². The van der Waals surface area contributed by atoms with Crippen molar-refractivity contribution in [1.29, 1.82) is 0 Å². The minimum Gasteiger partial charge on any atom is -0.378 e. The highest BCUT2D eigenvalue weighted by Gasteiger charge is 2.36. The second kappa shape index (κ2) is 5.92. The van der Waals surface area contributed by atoms with Crippen molar-refractivity contribution < 1.29 is 9.32 Å². The van der Waals surface area contributed by atoms with Crippen LogP contribution in [0.15, 0.2) is 28.8 Å². The number of nitrogens with zero attached hydrogens (tertiary/aromatic N) is 4. The van der Waals surface area contributed by atoms with Crippen LogP contribution in [0.4, 0.5) is 5.69 Å². The molecule has 2 aromatic rings. The minimum absolute atomic E-state index is 0.0361. The van der Waals surface area contributed by atoms with E-state index in [4.69, 9.17) is 4.52 Å². The number of rotatable bonds is 4. The molecule has 6 nitrogen and oxygen atoms in total. The lowest BCUT2D eigenvalue weighted by Gasteiger charge is -2.22. The average molecular weight is 326 g/mol. The zero-order chi connectivity index (χ0) is 16.7. The van der Waals surface area contributed by atoms with Gasteiger partial charge in [0.1, 0.15) is 6.04 Å². The van der Waals surface area contributed by atoms with Crippen molar-refractivity contribution in [2.24, 2.45) is 0 Å². The van der Waals surface area contributed by atoms with Crippen LogP contribution in [0.1, 0.15) is 59.7 Å². The molecule has 24 heavy (non-hydrogen) atoms. The quantitative estimate of drug-likeness (QED) is 0.864. The maximum Gasteiger partial charge on any atom is 0.254 e. The van der Waals surface area contributed by atoms with Gasteiger partial charge in [0, 0.05) is 37.8 Å². The summed E-state index contributed by atoms with van der Waals surface area (Å²) >= 11 is 0. The Bertz CT molecular complexity index is 734. The third-order valence-electron chi connectivity index (χ3n) is 4.83. The van der Waals surface area contributed by atoms with Gasteiger partial charge in [-0.2, -0.15) is 4.98 Å². The molecule has 1 saturated heterocycles. The normalized spacial score (nSPS) is 20.4. The SMILES string of the molecule is CN(C)c1ccc(C(=O)N2CCCC2c2nc(C3CC3)no2)cc1. The van der Waals surface area contributed by atoms with Crippen LogP contribution in [0, 0.1) is 0 Å². The number of hydrogen-bond acceptors (Lipinski definition) is 5. The third kappa shape index (κ3) is 2.77. The second-order valence-corrected chi connectivity index (χ2v) is 6.86. The number of likely N-dealkylation sites (tertiary alicyclic amines) is 1. The fraction of sp³-hybridized carbons (Fsp3) is 0.500. The molecule has 0 spiro atoms. The first-order valence-electron chi connectivity index (χ1n) is 8.55. The molecule has 1 atom stereocenters. The number of amides is 1. The van der Waals surface area contributed by atoms with Crippen LogP contribution >= 0.6 is 0 Å². The van der Waals surface area contributed by atoms with Crippen molar-refractivity contribution >= 4 is 11.6 Å². The van der Waals surface area contributed by atoms with Gasteiger partial charge in [-0.1, -0.05) is 5.16 Å². The molecule has 4 rings (SSSR count). The molecular formula is C18H22N4O2. The Morgan fingerprint density at radius 3 is 2.62 bits per heavy atom. The van der Waals surface area contributed by atoms with Crippen LogP contribution in [0.25, 0.3) is 0 Å². The fourth-order valence-corrected chi connectivity index (χ4v) is 3.22. The number of benzene rings is 1. The molecule has 1 unspecified atom stereocenters. The van der Waals surface area contributed by atoms with E-state index >= 15 is 0 Å². The predicted molar refractivity (Wildman–Crippen MR) is 90.1 cm³/mol. The van der Waals surface area contributed by atoms with E-state index in [-0.39, 0.29) is 11.9 Å². The summed E-state index contributed by atoms with van der Waals surface area (Å²) in [7, 11) is 3.97. The van der Waals surface area contributed by atoms with Gasteiger partial charge in [0.05, 0.1) is 0 Å². The van der Waals surface area contributed by atoms with E-state index in [0.717, 1.165) is 43.7 Å². The molecule has 0 bridgehead atoms. The topological polar surface area (TPSA) is 62.5 Å². The first-order valence-corrected chi connectivity index (χ1v) is 8.55. The van der Waals surface area contributed by atoms with Gasteiger partial charge in [-0.3, -0.25) is 4.79 Å². The van der Waals surface area contributed by atoms with Crippen molar-refractivity contribution in [1.82, 2.24) is 15.0 Å². The van der Waals surface area contributed by atoms with E-state index in [9.17, 15) is 4.79 Å². The van der Waals surface area contributed by atoms with Gasteiger partial charge in [-0.05, 0) is 49.9 Å². The van der Waals surface area contributed by atoms with Gasteiger partial charge < -0.3 is 14.3 Å². The summed E-state index contributed by atoms with van der Waals surface area (Å²) in [6, 6.07) is 7.62. The number of aromatic nitrogens is 2. The summed E-state index contributed by atoms with van der Waals surface area (Å²) in [6.45, 7) is 0.736. The molecule has 2 aliphatic rings. The molecule has 1 aliphatic carbocycles. The lowest BCUT2D eigenvalue weighted by molar-refractivity contribution is 0.0710. The van der Waals surface area contributed by atoms with Gasteiger partial charge >= 0.3 is 0 Å². The molecule has 1 aromatic heterocycles. The molecule has 0 N–H and O–H groups in total. The smallest absolute Gasteiger partial charge is 0.254 e. The third-order valence-corrected chi connectivity index (χ3v) is 4.83. The van der Waals surface area contributed by atoms with Crippen molar-refractivity contribution in [2.45, 2.75) is 37.6 Å². The molecule has 6 heteroatoms. The number of carbonyl (C=O) groups is 1. The highest BCUT2D eigenvalue weighted by atomic mass is 16.5. The Kier molecular flexibility index (Phi) is 3.75. The summed E-state index contributed by atoms with van der Waals surface area (Å²) in [5.41, 5.74) is 1.78. The zero-order valence-electron chi connectivity index (χ0n) is 14.1. The van der Waals surface area contributed by atoms with E-state index < -0.39 is 0 Å². The van der Waals surface area contributed by atoms with Crippen LogP contribution in [-0.2, 0) is 0 Å². The van der Waals surface area contributed by atoms with Crippen molar-refractivity contribution in [3.8, 4) is 0 Å². The van der Waals surface area contributed by atoms with Crippen molar-refractivity contribution in [3.05, 3.63) is 41.5 Å². The lowest BCUT2D eigenvalue weighted by atomic mass is 10.1. The summed E-state index contributed by atoms with van der Waals surface area (Å²) in [6.07, 6.45) is 4.14. The van der Waals surface area contributed by atoms with Crippen LogP contribution in [0.3, 0.4) is 0 Å². The van der Waals surface area contributed by atoms with E-state index in [2.05, 4.69) is 10.1 Å². The van der Waals surface area contributed by atoms with Gasteiger partial charge in [-0.15, -0.1) is 0 Å². The largest absolute Gasteiger partial charge is 0.378 e. The Morgan fingerprint density at radius 1 is 1.21 bits per heavy atom. The highest BCUT2D eigenvalue weighted by molar-refractivity contribution is 5.95. The standard InChI is InChI=1S/C18H22N4O2/c1-21(2)14-9-7-13(8-10-14)18(23)22-11-3-4-15(22)17-19-16(20-24-17)12-5-6-12/h7-10,12,15H,3-6,11H2,1-2H3. The number of hydrogen-bond donors (Lipinski definition) is 0. The first kappa shape index (κ1) is 15.2. The molecule has 2 heterocycles. The summed E-state index contributed by atoms with van der Waals surface area (Å²) < 4.78 is 5.46. The highest BCUT2D eigenvalue weighted by Crippen LogP contribution is 2.40. The molecular weight excluding hydrogens is 304 g/mol. The molecule has 1 aromatic carbocycles. The Morgan fingerprint density at radius 2 is 1.96 bits per heavy atom. The monoisotopic (exact) mass is 326 g/mol. The Hall–Kier alpha value is -2.37. The second-order valence-electron chi connectivity index (χ2n) is 6.86. The Balaban J connectivity index is 1.53. The van der Waals surface area contributed by atoms with E-state index in [1.807, 2.05) is 48.2 Å². The molecule has 2 fully saturated rings. The molecule has 126 valence electrons. The van der Waals surface area contributed by atoms with E-state index in [1.54, 1.807) is 0 Å². The van der Waals surface area contributed by atoms with Gasteiger partial charge in [0.15, 0.2) is 5.82 Å². The molecule has 1 amide bonds.